The number of rotatable bonds is 6. The summed E-state index contributed by atoms with van der Waals surface area (Å²) in [6, 6.07) is 10.7. The zero-order valence-corrected chi connectivity index (χ0v) is 18.4. The van der Waals surface area contributed by atoms with Crippen LogP contribution in [0.4, 0.5) is 4.39 Å². The molecule has 0 aromatic heterocycles. The van der Waals surface area contributed by atoms with Gasteiger partial charge in [-0.1, -0.05) is 30.3 Å². The first-order chi connectivity index (χ1) is 15.4. The normalized spacial score (nSPS) is 20.1. The van der Waals surface area contributed by atoms with E-state index >= 15 is 0 Å². The molecule has 1 N–H and O–H groups in total. The summed E-state index contributed by atoms with van der Waals surface area (Å²) in [6.07, 6.45) is 4.07. The van der Waals surface area contributed by atoms with Crippen LogP contribution < -0.4 is 0 Å². The third-order valence-electron chi connectivity index (χ3n) is 6.15. The molecule has 0 spiro atoms. The molecule has 0 radical (unpaired) electrons. The highest BCUT2D eigenvalue weighted by molar-refractivity contribution is 6.46. The van der Waals surface area contributed by atoms with Crippen LogP contribution in [0.2, 0.25) is 0 Å². The summed E-state index contributed by atoms with van der Waals surface area (Å²) >= 11 is 0. The standard InChI is InChI=1S/C26H28FNO4/c1-16(2)32-14-13-28-23(20-9-5-6-10-21(20)27)22(25(30)26(28)31)24(29)19-12-11-17-7-3-4-8-18(17)15-19/h5-6,9-12,15-16,23,29H,3-4,7-8,13-14H2,1-2H3/b24-22+. The average molecular weight is 438 g/mol. The molecule has 0 saturated carbocycles. The van der Waals surface area contributed by atoms with Gasteiger partial charge in [-0.25, -0.2) is 4.39 Å². The summed E-state index contributed by atoms with van der Waals surface area (Å²) in [6.45, 7) is 4.06. The number of halogens is 1. The van der Waals surface area contributed by atoms with Gasteiger partial charge in [0.15, 0.2) is 0 Å². The Bertz CT molecular complexity index is 1080. The van der Waals surface area contributed by atoms with E-state index in [2.05, 4.69) is 0 Å². The van der Waals surface area contributed by atoms with Crippen LogP contribution in [0, 0.1) is 5.82 Å². The van der Waals surface area contributed by atoms with E-state index in [0.29, 0.717) is 5.56 Å². The van der Waals surface area contributed by atoms with E-state index in [1.165, 1.54) is 16.5 Å². The number of amides is 1. The molecule has 4 rings (SSSR count). The number of ether oxygens (including phenoxy) is 1. The molecule has 2 aromatic carbocycles. The smallest absolute Gasteiger partial charge is 0.295 e. The summed E-state index contributed by atoms with van der Waals surface area (Å²) in [5, 5.41) is 11.2. The first kappa shape index (κ1) is 22.2. The van der Waals surface area contributed by atoms with Crippen molar-refractivity contribution in [2.45, 2.75) is 51.7 Å². The van der Waals surface area contributed by atoms with E-state index in [-0.39, 0.29) is 36.2 Å². The number of likely N-dealkylation sites (tertiary alicyclic amines) is 1. The molecule has 5 nitrogen and oxygen atoms in total. The van der Waals surface area contributed by atoms with Gasteiger partial charge in [-0.3, -0.25) is 9.59 Å². The second-order valence-electron chi connectivity index (χ2n) is 8.62. The largest absolute Gasteiger partial charge is 0.507 e. The molecule has 32 heavy (non-hydrogen) atoms. The van der Waals surface area contributed by atoms with E-state index in [1.807, 2.05) is 26.0 Å². The maximum atomic E-state index is 14.8. The van der Waals surface area contributed by atoms with Crippen molar-refractivity contribution in [3.05, 3.63) is 76.1 Å². The van der Waals surface area contributed by atoms with Gasteiger partial charge in [-0.2, -0.15) is 0 Å². The molecular weight excluding hydrogens is 409 g/mol. The second-order valence-corrected chi connectivity index (χ2v) is 8.62. The molecule has 1 saturated heterocycles. The molecule has 1 heterocycles. The van der Waals surface area contributed by atoms with Crippen molar-refractivity contribution in [3.63, 3.8) is 0 Å². The van der Waals surface area contributed by atoms with E-state index in [4.69, 9.17) is 4.74 Å². The summed E-state index contributed by atoms with van der Waals surface area (Å²) in [4.78, 5) is 27.2. The van der Waals surface area contributed by atoms with Crippen molar-refractivity contribution in [1.29, 1.82) is 0 Å². The van der Waals surface area contributed by atoms with Crippen LogP contribution in [0.5, 0.6) is 0 Å². The number of ketones is 1. The summed E-state index contributed by atoms with van der Waals surface area (Å²) in [5.74, 6) is -2.37. The van der Waals surface area contributed by atoms with Crippen LogP contribution in [-0.2, 0) is 27.2 Å². The van der Waals surface area contributed by atoms with Gasteiger partial charge in [0.25, 0.3) is 11.7 Å². The Labute approximate surface area is 187 Å². The predicted octanol–water partition coefficient (Wildman–Crippen LogP) is 4.55. The van der Waals surface area contributed by atoms with Crippen molar-refractivity contribution in [2.24, 2.45) is 0 Å². The van der Waals surface area contributed by atoms with Crippen LogP contribution >= 0.6 is 0 Å². The maximum Gasteiger partial charge on any atom is 0.295 e. The Hall–Kier alpha value is -2.99. The van der Waals surface area contributed by atoms with E-state index in [9.17, 15) is 19.1 Å². The number of Topliss-reactive ketones (excluding diaryl/α,β-unsaturated/α-hetero) is 1. The molecule has 1 atom stereocenters. The number of fused-ring (bicyclic) bond motifs is 1. The second kappa shape index (κ2) is 9.25. The van der Waals surface area contributed by atoms with Gasteiger partial charge < -0.3 is 14.7 Å². The molecule has 1 fully saturated rings. The number of carbonyl (C=O) groups excluding carboxylic acids is 2. The molecule has 0 bridgehead atoms. The van der Waals surface area contributed by atoms with Crippen molar-refractivity contribution in [2.75, 3.05) is 13.2 Å². The number of aliphatic hydroxyl groups is 1. The van der Waals surface area contributed by atoms with Gasteiger partial charge in [-0.15, -0.1) is 0 Å². The Morgan fingerprint density at radius 3 is 2.56 bits per heavy atom. The third-order valence-corrected chi connectivity index (χ3v) is 6.15. The fraction of sp³-hybridized carbons (Fsp3) is 0.385. The maximum absolute atomic E-state index is 14.8. The number of aliphatic hydroxyl groups excluding tert-OH is 1. The first-order valence-corrected chi connectivity index (χ1v) is 11.1. The summed E-state index contributed by atoms with van der Waals surface area (Å²) in [5.41, 5.74) is 2.95. The SMILES string of the molecule is CC(C)OCCN1C(=O)C(=O)/C(=C(/O)c2ccc3c(c2)CCCC3)C1c1ccccc1F. The highest BCUT2D eigenvalue weighted by Crippen LogP contribution is 2.40. The average Bonchev–Trinajstić information content (AvgIpc) is 3.03. The third kappa shape index (κ3) is 4.19. The van der Waals surface area contributed by atoms with Crippen LogP contribution in [0.15, 0.2) is 48.0 Å². The number of hydrogen-bond donors (Lipinski definition) is 1. The Morgan fingerprint density at radius 2 is 1.84 bits per heavy atom. The van der Waals surface area contributed by atoms with Crippen LogP contribution in [0.3, 0.4) is 0 Å². The van der Waals surface area contributed by atoms with E-state index in [0.717, 1.165) is 31.2 Å². The number of nitrogens with zero attached hydrogens (tertiary/aromatic N) is 1. The summed E-state index contributed by atoms with van der Waals surface area (Å²) in [7, 11) is 0. The Morgan fingerprint density at radius 1 is 1.12 bits per heavy atom. The minimum atomic E-state index is -1.01. The number of carbonyl (C=O) groups is 2. The number of aryl methyl sites for hydroxylation is 2. The van der Waals surface area contributed by atoms with E-state index in [1.54, 1.807) is 24.3 Å². The zero-order valence-electron chi connectivity index (χ0n) is 18.4. The topological polar surface area (TPSA) is 66.8 Å². The number of benzene rings is 2. The molecule has 2 aliphatic rings. The summed E-state index contributed by atoms with van der Waals surface area (Å²) < 4.78 is 20.4. The van der Waals surface area contributed by atoms with Crippen molar-refractivity contribution < 1.29 is 23.8 Å². The first-order valence-electron chi connectivity index (χ1n) is 11.1. The highest BCUT2D eigenvalue weighted by atomic mass is 19.1. The molecule has 168 valence electrons. The monoisotopic (exact) mass is 437 g/mol. The van der Waals surface area contributed by atoms with Crippen molar-refractivity contribution in [3.8, 4) is 0 Å². The zero-order chi connectivity index (χ0) is 22.8. The quantitative estimate of drug-likeness (QED) is 0.409. The van der Waals surface area contributed by atoms with Gasteiger partial charge in [0.1, 0.15) is 11.6 Å². The molecule has 1 unspecified atom stereocenters. The van der Waals surface area contributed by atoms with Crippen molar-refractivity contribution >= 4 is 17.4 Å². The minimum absolute atomic E-state index is 0.0470. The van der Waals surface area contributed by atoms with Crippen LogP contribution in [-0.4, -0.2) is 41.0 Å². The lowest BCUT2D eigenvalue weighted by Gasteiger charge is -2.26. The highest BCUT2D eigenvalue weighted by Gasteiger charge is 2.46. The van der Waals surface area contributed by atoms with Crippen LogP contribution in [0.1, 0.15) is 55.0 Å². The van der Waals surface area contributed by atoms with Gasteiger partial charge in [0, 0.05) is 17.7 Å². The van der Waals surface area contributed by atoms with Crippen LogP contribution in [0.25, 0.3) is 5.76 Å². The van der Waals surface area contributed by atoms with Gasteiger partial charge >= 0.3 is 0 Å². The molecule has 2 aromatic rings. The fourth-order valence-corrected chi connectivity index (χ4v) is 4.55. The van der Waals surface area contributed by atoms with E-state index < -0.39 is 23.5 Å². The van der Waals surface area contributed by atoms with Gasteiger partial charge in [0.2, 0.25) is 0 Å². The lowest BCUT2D eigenvalue weighted by Crippen LogP contribution is -2.33. The Balaban J connectivity index is 1.80. The van der Waals surface area contributed by atoms with Crippen molar-refractivity contribution in [1.82, 2.24) is 4.90 Å². The lowest BCUT2D eigenvalue weighted by atomic mass is 9.88. The molecular formula is C26H28FNO4. The fourth-order valence-electron chi connectivity index (χ4n) is 4.55. The van der Waals surface area contributed by atoms with Gasteiger partial charge in [-0.05, 0) is 62.8 Å². The lowest BCUT2D eigenvalue weighted by molar-refractivity contribution is -0.140. The predicted molar refractivity (Wildman–Crippen MR) is 120 cm³/mol. The minimum Gasteiger partial charge on any atom is -0.507 e. The molecule has 1 aliphatic heterocycles. The number of hydrogen-bond acceptors (Lipinski definition) is 4. The Kier molecular flexibility index (Phi) is 6.42. The molecule has 1 amide bonds. The molecule has 1 aliphatic carbocycles. The van der Waals surface area contributed by atoms with Gasteiger partial charge in [0.05, 0.1) is 24.3 Å². The molecule has 6 heteroatoms.